The molecule has 0 N–H and O–H groups in total. The molecule has 0 fully saturated rings. The van der Waals surface area contributed by atoms with Crippen LogP contribution in [0, 0.1) is 0 Å². The van der Waals surface area contributed by atoms with Gasteiger partial charge in [0.2, 0.25) is 0 Å². The standard InChI is InChI=1S/C7H18O5Si/c1-8-7(9-2,10-3)12-13(5,6)11-4/h1-6H3. The zero-order valence-electron chi connectivity index (χ0n) is 9.04. The third-order valence-electron chi connectivity index (χ3n) is 1.61. The Bertz CT molecular complexity index is 138. The molecule has 0 radical (unpaired) electrons. The smallest absolute Gasteiger partial charge is 0.398 e. The molecule has 0 unspecified atom stereocenters. The molecule has 0 saturated heterocycles. The Morgan fingerprint density at radius 3 is 1.46 bits per heavy atom. The molecule has 0 heterocycles. The van der Waals surface area contributed by atoms with Gasteiger partial charge in [0.15, 0.2) is 0 Å². The molecule has 80 valence electrons. The van der Waals surface area contributed by atoms with E-state index in [0.717, 1.165) is 0 Å². The van der Waals surface area contributed by atoms with Crippen molar-refractivity contribution in [3.05, 3.63) is 0 Å². The summed E-state index contributed by atoms with van der Waals surface area (Å²) in [4.78, 5) is 0. The van der Waals surface area contributed by atoms with Gasteiger partial charge in [-0.15, -0.1) is 0 Å². The average Bonchev–Trinajstić information content (AvgIpc) is 2.14. The Morgan fingerprint density at radius 1 is 0.846 bits per heavy atom. The molecule has 0 aromatic heterocycles. The molecule has 6 heteroatoms. The first-order valence-electron chi connectivity index (χ1n) is 3.86. The van der Waals surface area contributed by atoms with Crippen molar-refractivity contribution < 1.29 is 23.1 Å². The van der Waals surface area contributed by atoms with Gasteiger partial charge in [0.1, 0.15) is 0 Å². The maximum absolute atomic E-state index is 5.47. The Balaban J connectivity index is 4.41. The normalized spacial score (nSPS) is 13.4. The lowest BCUT2D eigenvalue weighted by Gasteiger charge is -2.33. The second kappa shape index (κ2) is 5.04. The van der Waals surface area contributed by atoms with Crippen LogP contribution in [0.3, 0.4) is 0 Å². The maximum atomic E-state index is 5.47. The minimum Gasteiger partial charge on any atom is -0.398 e. The highest BCUT2D eigenvalue weighted by Gasteiger charge is 2.40. The van der Waals surface area contributed by atoms with Gasteiger partial charge in [0.25, 0.3) is 0 Å². The maximum Gasteiger partial charge on any atom is 0.403 e. The van der Waals surface area contributed by atoms with Crippen LogP contribution in [0.25, 0.3) is 0 Å². The molecule has 0 bridgehead atoms. The topological polar surface area (TPSA) is 46.2 Å². The molecule has 0 saturated carbocycles. The van der Waals surface area contributed by atoms with Crippen LogP contribution in [0.15, 0.2) is 0 Å². The summed E-state index contributed by atoms with van der Waals surface area (Å²) in [6.07, 6.45) is -1.45. The van der Waals surface area contributed by atoms with Crippen LogP contribution in [0.2, 0.25) is 13.1 Å². The fraction of sp³-hybridized carbons (Fsp3) is 1.00. The molecule has 0 aromatic rings. The highest BCUT2D eigenvalue weighted by molar-refractivity contribution is 6.64. The van der Waals surface area contributed by atoms with Crippen molar-refractivity contribution in [2.45, 2.75) is 19.3 Å². The lowest BCUT2D eigenvalue weighted by molar-refractivity contribution is -0.456. The zero-order valence-corrected chi connectivity index (χ0v) is 10.0. The van der Waals surface area contributed by atoms with Crippen LogP contribution in [0.4, 0.5) is 0 Å². The SMILES string of the molecule is COC(OC)(OC)O[Si](C)(C)OC. The molecule has 0 spiro atoms. The van der Waals surface area contributed by atoms with Crippen molar-refractivity contribution in [1.29, 1.82) is 0 Å². The van der Waals surface area contributed by atoms with Crippen LogP contribution in [0.1, 0.15) is 0 Å². The molecule has 0 rings (SSSR count). The summed E-state index contributed by atoms with van der Waals surface area (Å²) >= 11 is 0. The number of hydrogen-bond donors (Lipinski definition) is 0. The van der Waals surface area contributed by atoms with Crippen molar-refractivity contribution in [3.63, 3.8) is 0 Å². The predicted molar refractivity (Wildman–Crippen MR) is 49.3 cm³/mol. The van der Waals surface area contributed by atoms with Gasteiger partial charge < -0.3 is 23.1 Å². The fourth-order valence-electron chi connectivity index (χ4n) is 0.718. The summed E-state index contributed by atoms with van der Waals surface area (Å²) in [6, 6.07) is 0. The van der Waals surface area contributed by atoms with E-state index in [4.69, 9.17) is 23.1 Å². The van der Waals surface area contributed by atoms with Gasteiger partial charge in [-0.25, -0.2) is 0 Å². The molecule has 0 atom stereocenters. The molecule has 0 aliphatic heterocycles. The van der Waals surface area contributed by atoms with E-state index in [1.165, 1.54) is 21.3 Å². The van der Waals surface area contributed by atoms with Crippen LogP contribution in [-0.4, -0.2) is 43.2 Å². The third-order valence-corrected chi connectivity index (χ3v) is 3.34. The summed E-state index contributed by atoms with van der Waals surface area (Å²) < 4.78 is 25.5. The van der Waals surface area contributed by atoms with Crippen LogP contribution >= 0.6 is 0 Å². The lowest BCUT2D eigenvalue weighted by Crippen LogP contribution is -2.49. The minimum absolute atomic E-state index is 1.44. The summed E-state index contributed by atoms with van der Waals surface area (Å²) in [5.41, 5.74) is 0. The minimum atomic E-state index is -2.25. The quantitative estimate of drug-likeness (QED) is 0.481. The van der Waals surface area contributed by atoms with Crippen molar-refractivity contribution in [2.75, 3.05) is 28.4 Å². The molecule has 13 heavy (non-hydrogen) atoms. The Hall–Kier alpha value is 0.0169. The Labute approximate surface area is 80.1 Å². The third kappa shape index (κ3) is 3.71. The number of hydrogen-bond acceptors (Lipinski definition) is 5. The summed E-state index contributed by atoms with van der Waals surface area (Å²) in [5, 5.41) is 0. The first kappa shape index (κ1) is 13.0. The van der Waals surface area contributed by atoms with E-state index < -0.39 is 14.7 Å². The van der Waals surface area contributed by atoms with Crippen LogP contribution in [-0.2, 0) is 23.1 Å². The molecule has 0 aliphatic rings. The van der Waals surface area contributed by atoms with Gasteiger partial charge in [0.05, 0.1) is 0 Å². The van der Waals surface area contributed by atoms with Crippen LogP contribution < -0.4 is 0 Å². The fourth-order valence-corrected chi connectivity index (χ4v) is 1.65. The second-order valence-corrected chi connectivity index (χ2v) is 6.23. The van der Waals surface area contributed by atoms with E-state index in [1.54, 1.807) is 7.11 Å². The van der Waals surface area contributed by atoms with Crippen molar-refractivity contribution in [3.8, 4) is 0 Å². The van der Waals surface area contributed by atoms with Crippen molar-refractivity contribution >= 4 is 8.56 Å². The summed E-state index contributed by atoms with van der Waals surface area (Å²) in [6.45, 7) is 3.72. The van der Waals surface area contributed by atoms with Crippen molar-refractivity contribution in [1.82, 2.24) is 0 Å². The van der Waals surface area contributed by atoms with E-state index >= 15 is 0 Å². The zero-order chi connectivity index (χ0) is 10.5. The van der Waals surface area contributed by atoms with Crippen molar-refractivity contribution in [2.24, 2.45) is 0 Å². The molecule has 0 amide bonds. The second-order valence-electron chi connectivity index (χ2n) is 2.82. The number of rotatable bonds is 6. The molecule has 0 aliphatic carbocycles. The van der Waals surface area contributed by atoms with Gasteiger partial charge in [-0.1, -0.05) is 0 Å². The van der Waals surface area contributed by atoms with Gasteiger partial charge in [-0.2, -0.15) is 0 Å². The highest BCUT2D eigenvalue weighted by Crippen LogP contribution is 2.20. The summed E-state index contributed by atoms with van der Waals surface area (Å²) in [5.74, 6) is 0. The molecular formula is C7H18O5Si. The highest BCUT2D eigenvalue weighted by atomic mass is 28.4. The van der Waals surface area contributed by atoms with Gasteiger partial charge in [-0.05, 0) is 13.1 Å². The van der Waals surface area contributed by atoms with Crippen LogP contribution in [0.5, 0.6) is 0 Å². The van der Waals surface area contributed by atoms with Gasteiger partial charge in [0, 0.05) is 28.4 Å². The van der Waals surface area contributed by atoms with E-state index in [9.17, 15) is 0 Å². The summed E-state index contributed by atoms with van der Waals surface area (Å²) in [7, 11) is 3.64. The number of methoxy groups -OCH3 is 3. The monoisotopic (exact) mass is 210 g/mol. The first-order chi connectivity index (χ1) is 5.95. The largest absolute Gasteiger partial charge is 0.403 e. The molecule has 0 aromatic carbocycles. The average molecular weight is 210 g/mol. The lowest BCUT2D eigenvalue weighted by atomic mass is 11.0. The van der Waals surface area contributed by atoms with E-state index in [0.29, 0.717) is 0 Å². The van der Waals surface area contributed by atoms with Gasteiger partial charge in [-0.3, -0.25) is 0 Å². The first-order valence-corrected chi connectivity index (χ1v) is 6.67. The van der Waals surface area contributed by atoms with E-state index in [-0.39, 0.29) is 0 Å². The molecular weight excluding hydrogens is 192 g/mol. The van der Waals surface area contributed by atoms with Gasteiger partial charge >= 0.3 is 14.7 Å². The predicted octanol–water partition coefficient (Wildman–Crippen LogP) is 0.902. The van der Waals surface area contributed by atoms with E-state index in [1.807, 2.05) is 13.1 Å². The molecule has 5 nitrogen and oxygen atoms in total. The Kier molecular flexibility index (Phi) is 5.04. The Morgan fingerprint density at radius 2 is 1.23 bits per heavy atom. The van der Waals surface area contributed by atoms with E-state index in [2.05, 4.69) is 0 Å². The number of ether oxygens (including phenoxy) is 3.